The number of hydrogen-bond donors (Lipinski definition) is 1. The number of nitrogens with zero attached hydrogens (tertiary/aromatic N) is 3. The first-order valence-corrected chi connectivity index (χ1v) is 8.89. The zero-order valence-corrected chi connectivity index (χ0v) is 15.7. The summed E-state index contributed by atoms with van der Waals surface area (Å²) in [5.74, 6) is 1.29. The first kappa shape index (κ1) is 18.2. The molecular weight excluding hydrogens is 334 g/mol. The summed E-state index contributed by atoms with van der Waals surface area (Å²) in [4.78, 5) is 30.8. The van der Waals surface area contributed by atoms with E-state index < -0.39 is 11.5 Å². The lowest BCUT2D eigenvalue weighted by Crippen LogP contribution is -2.52. The van der Waals surface area contributed by atoms with Gasteiger partial charge in [0.05, 0.1) is 5.56 Å². The van der Waals surface area contributed by atoms with Crippen LogP contribution in [0.4, 0.5) is 0 Å². The van der Waals surface area contributed by atoms with E-state index in [-0.39, 0.29) is 11.8 Å². The van der Waals surface area contributed by atoms with Crippen molar-refractivity contribution in [2.45, 2.75) is 52.0 Å². The van der Waals surface area contributed by atoms with Crippen LogP contribution in [0.1, 0.15) is 60.3 Å². The van der Waals surface area contributed by atoms with Crippen LogP contribution in [-0.4, -0.2) is 44.5 Å². The molecule has 2 aromatic heterocycles. The van der Waals surface area contributed by atoms with Crippen LogP contribution in [0.15, 0.2) is 22.9 Å². The lowest BCUT2D eigenvalue weighted by molar-refractivity contribution is -0.150. The van der Waals surface area contributed by atoms with Gasteiger partial charge in [-0.25, -0.2) is 9.78 Å². The Morgan fingerprint density at radius 2 is 1.92 bits per heavy atom. The molecule has 3 rings (SSSR count). The maximum atomic E-state index is 12.9. The number of aliphatic carboxylic acids is 1. The van der Waals surface area contributed by atoms with Crippen molar-refractivity contribution in [1.29, 1.82) is 0 Å². The maximum absolute atomic E-state index is 12.9. The van der Waals surface area contributed by atoms with Gasteiger partial charge in [-0.1, -0.05) is 13.8 Å². The molecule has 0 radical (unpaired) electrons. The van der Waals surface area contributed by atoms with Crippen LogP contribution in [0.3, 0.4) is 0 Å². The fourth-order valence-electron chi connectivity index (χ4n) is 3.64. The Hall–Kier alpha value is -2.57. The lowest BCUT2D eigenvalue weighted by Gasteiger charge is -2.40. The third kappa shape index (κ3) is 2.91. The average Bonchev–Trinajstić information content (AvgIpc) is 3.20. The number of hydrogen-bond acceptors (Lipinski definition) is 4. The van der Waals surface area contributed by atoms with Crippen molar-refractivity contribution in [3.8, 4) is 0 Å². The summed E-state index contributed by atoms with van der Waals surface area (Å²) >= 11 is 0. The number of amides is 1. The van der Waals surface area contributed by atoms with Crippen molar-refractivity contribution in [2.24, 2.45) is 0 Å². The topological polar surface area (TPSA) is 88.6 Å². The van der Waals surface area contributed by atoms with Gasteiger partial charge >= 0.3 is 5.97 Å². The molecule has 0 aliphatic carbocycles. The van der Waals surface area contributed by atoms with Gasteiger partial charge in [0, 0.05) is 31.4 Å². The first-order valence-electron chi connectivity index (χ1n) is 8.89. The van der Waals surface area contributed by atoms with Gasteiger partial charge < -0.3 is 19.0 Å². The van der Waals surface area contributed by atoms with Crippen molar-refractivity contribution in [3.05, 3.63) is 41.4 Å². The predicted octanol–water partition coefficient (Wildman–Crippen LogP) is 2.93. The maximum Gasteiger partial charge on any atom is 0.330 e. The molecule has 7 heteroatoms. The SMILES string of the molecule is Cc1oc(C(C)C)cc1C(=O)N1CCC(C(=O)O)(n2ccnc2C)CC1. The second-order valence-electron chi connectivity index (χ2n) is 7.25. The Morgan fingerprint density at radius 1 is 1.27 bits per heavy atom. The monoisotopic (exact) mass is 359 g/mol. The van der Waals surface area contributed by atoms with Gasteiger partial charge in [0.25, 0.3) is 5.91 Å². The molecule has 0 bridgehead atoms. The molecule has 0 atom stereocenters. The molecule has 2 aromatic rings. The first-order chi connectivity index (χ1) is 12.3. The summed E-state index contributed by atoms with van der Waals surface area (Å²) in [6, 6.07) is 1.81. The summed E-state index contributed by atoms with van der Waals surface area (Å²) in [6.45, 7) is 8.38. The summed E-state index contributed by atoms with van der Waals surface area (Å²) in [6.07, 6.45) is 4.01. The van der Waals surface area contributed by atoms with Crippen LogP contribution in [0.5, 0.6) is 0 Å². The van der Waals surface area contributed by atoms with Crippen molar-refractivity contribution >= 4 is 11.9 Å². The van der Waals surface area contributed by atoms with Crippen molar-refractivity contribution < 1.29 is 19.1 Å². The number of aromatic nitrogens is 2. The quantitative estimate of drug-likeness (QED) is 0.907. The van der Waals surface area contributed by atoms with E-state index in [1.807, 2.05) is 13.8 Å². The normalized spacial score (nSPS) is 16.9. The van der Waals surface area contributed by atoms with Crippen LogP contribution >= 0.6 is 0 Å². The highest BCUT2D eigenvalue weighted by atomic mass is 16.4. The Bertz CT molecular complexity index is 826. The number of piperidine rings is 1. The Balaban J connectivity index is 1.80. The van der Waals surface area contributed by atoms with E-state index in [9.17, 15) is 14.7 Å². The van der Waals surface area contributed by atoms with Crippen molar-refractivity contribution in [3.63, 3.8) is 0 Å². The predicted molar refractivity (Wildman–Crippen MR) is 95.2 cm³/mol. The molecule has 140 valence electrons. The number of aryl methyl sites for hydroxylation is 2. The number of imidazole rings is 1. The molecule has 3 heterocycles. The minimum atomic E-state index is -1.05. The zero-order chi connectivity index (χ0) is 19.1. The number of rotatable bonds is 4. The molecule has 1 aliphatic rings. The zero-order valence-electron chi connectivity index (χ0n) is 15.7. The summed E-state index contributed by atoms with van der Waals surface area (Å²) < 4.78 is 7.41. The molecule has 0 spiro atoms. The second-order valence-corrected chi connectivity index (χ2v) is 7.25. The average molecular weight is 359 g/mol. The minimum Gasteiger partial charge on any atom is -0.479 e. The standard InChI is InChI=1S/C19H25N3O4/c1-12(2)16-11-15(13(3)26-16)17(23)21-8-5-19(6-9-21,18(24)25)22-10-7-20-14(22)4/h7,10-12H,5-6,8-9H2,1-4H3,(H,24,25). The molecule has 1 fully saturated rings. The number of carbonyl (C=O) groups is 2. The highest BCUT2D eigenvalue weighted by Crippen LogP contribution is 2.33. The fraction of sp³-hybridized carbons (Fsp3) is 0.526. The van der Waals surface area contributed by atoms with Gasteiger partial charge in [0.2, 0.25) is 0 Å². The van der Waals surface area contributed by atoms with Crippen LogP contribution in [0.2, 0.25) is 0 Å². The molecule has 1 amide bonds. The van der Waals surface area contributed by atoms with E-state index in [0.29, 0.717) is 43.1 Å². The molecule has 1 N–H and O–H groups in total. The van der Waals surface area contributed by atoms with Gasteiger partial charge in [-0.05, 0) is 32.8 Å². The summed E-state index contributed by atoms with van der Waals surface area (Å²) in [7, 11) is 0. The molecule has 1 aliphatic heterocycles. The minimum absolute atomic E-state index is 0.0977. The van der Waals surface area contributed by atoms with Crippen molar-refractivity contribution in [2.75, 3.05) is 13.1 Å². The van der Waals surface area contributed by atoms with Gasteiger partial charge in [0.1, 0.15) is 22.9 Å². The molecule has 26 heavy (non-hydrogen) atoms. The molecular formula is C19H25N3O4. The Labute approximate surface area is 152 Å². The smallest absolute Gasteiger partial charge is 0.330 e. The number of likely N-dealkylation sites (tertiary alicyclic amines) is 1. The fourth-order valence-corrected chi connectivity index (χ4v) is 3.64. The van der Waals surface area contributed by atoms with E-state index >= 15 is 0 Å². The second kappa shape index (κ2) is 6.63. The summed E-state index contributed by atoms with van der Waals surface area (Å²) in [5, 5.41) is 9.87. The van der Waals surface area contributed by atoms with Gasteiger partial charge in [-0.15, -0.1) is 0 Å². The van der Waals surface area contributed by atoms with Crippen LogP contribution in [0.25, 0.3) is 0 Å². The van der Waals surface area contributed by atoms with Gasteiger partial charge in [-0.3, -0.25) is 4.79 Å². The largest absolute Gasteiger partial charge is 0.479 e. The lowest BCUT2D eigenvalue weighted by atomic mass is 9.86. The van der Waals surface area contributed by atoms with Crippen LogP contribution in [-0.2, 0) is 10.3 Å². The Kier molecular flexibility index (Phi) is 4.64. The molecule has 0 saturated carbocycles. The van der Waals surface area contributed by atoms with E-state index in [2.05, 4.69) is 4.98 Å². The van der Waals surface area contributed by atoms with E-state index in [4.69, 9.17) is 4.42 Å². The third-order valence-electron chi connectivity index (χ3n) is 5.30. The molecule has 7 nitrogen and oxygen atoms in total. The van der Waals surface area contributed by atoms with Gasteiger partial charge in [-0.2, -0.15) is 0 Å². The number of carboxylic acid groups (broad SMARTS) is 1. The number of carboxylic acids is 1. The van der Waals surface area contributed by atoms with Crippen LogP contribution in [0, 0.1) is 13.8 Å². The molecule has 0 unspecified atom stereocenters. The highest BCUT2D eigenvalue weighted by Gasteiger charge is 2.45. The van der Waals surface area contributed by atoms with Crippen molar-refractivity contribution in [1.82, 2.24) is 14.5 Å². The third-order valence-corrected chi connectivity index (χ3v) is 5.30. The number of carbonyl (C=O) groups excluding carboxylic acids is 1. The highest BCUT2D eigenvalue weighted by molar-refractivity contribution is 5.95. The molecule has 1 saturated heterocycles. The summed E-state index contributed by atoms with van der Waals surface area (Å²) in [5.41, 5.74) is -0.485. The number of furan rings is 1. The van der Waals surface area contributed by atoms with E-state index in [1.165, 1.54) is 0 Å². The van der Waals surface area contributed by atoms with Gasteiger partial charge in [0.15, 0.2) is 0 Å². The van der Waals surface area contributed by atoms with Crippen LogP contribution < -0.4 is 0 Å². The molecule has 0 aromatic carbocycles. The van der Waals surface area contributed by atoms with E-state index in [0.717, 1.165) is 5.76 Å². The Morgan fingerprint density at radius 3 is 2.38 bits per heavy atom. The van der Waals surface area contributed by atoms with E-state index in [1.54, 1.807) is 41.8 Å².